The van der Waals surface area contributed by atoms with Crippen LogP contribution < -0.4 is 0 Å². The van der Waals surface area contributed by atoms with E-state index in [0.717, 1.165) is 30.6 Å². The molecule has 2 aromatic rings. The van der Waals surface area contributed by atoms with Gasteiger partial charge in [0.15, 0.2) is 0 Å². The molecule has 0 aliphatic carbocycles. The Hall–Kier alpha value is -1.77. The lowest BCUT2D eigenvalue weighted by Gasteiger charge is -2.20. The van der Waals surface area contributed by atoms with Crippen molar-refractivity contribution in [3.8, 4) is 0 Å². The molecule has 1 atom stereocenters. The largest absolute Gasteiger partial charge is 0.377 e. The third-order valence-electron chi connectivity index (χ3n) is 4.76. The molecule has 0 saturated carbocycles. The van der Waals surface area contributed by atoms with Gasteiger partial charge in [0.1, 0.15) is 0 Å². The summed E-state index contributed by atoms with van der Waals surface area (Å²) in [6.07, 6.45) is 6.80. The Morgan fingerprint density at radius 1 is 1.32 bits per heavy atom. The van der Waals surface area contributed by atoms with Gasteiger partial charge in [0.05, 0.1) is 23.7 Å². The summed E-state index contributed by atoms with van der Waals surface area (Å²) in [5, 5.41) is 0.168. The average Bonchev–Trinajstić information content (AvgIpc) is 3.26. The van der Waals surface area contributed by atoms with Crippen molar-refractivity contribution in [1.82, 2.24) is 19.4 Å². The quantitative estimate of drug-likeness (QED) is 0.637. The zero-order chi connectivity index (χ0) is 20.1. The van der Waals surface area contributed by atoms with E-state index in [0.29, 0.717) is 25.6 Å². The molecule has 1 saturated heterocycles. The lowest BCUT2D eigenvalue weighted by molar-refractivity contribution is 0.127. The van der Waals surface area contributed by atoms with Crippen LogP contribution in [-0.2, 0) is 34.2 Å². The van der Waals surface area contributed by atoms with Crippen molar-refractivity contribution < 1.29 is 13.2 Å². The SMILES string of the molecule is CC(C)Cn1c(CN(C)Cc2cccnc2)cnc1S(=O)(=O)CC1CCCO1. The number of hydrogen-bond acceptors (Lipinski definition) is 6. The van der Waals surface area contributed by atoms with Gasteiger partial charge < -0.3 is 9.30 Å². The standard InChI is InChI=1S/C20H30N4O3S/c1-16(2)12-24-18(14-23(3)13-17-6-4-8-21-10-17)11-22-20(24)28(25,26)15-19-7-5-9-27-19/h4,6,8,10-11,16,19H,5,7,9,12-15H2,1-3H3. The van der Waals surface area contributed by atoms with Gasteiger partial charge >= 0.3 is 0 Å². The Kier molecular flexibility index (Phi) is 6.85. The summed E-state index contributed by atoms with van der Waals surface area (Å²) in [4.78, 5) is 10.6. The van der Waals surface area contributed by atoms with Crippen molar-refractivity contribution in [2.45, 2.75) is 57.6 Å². The average molecular weight is 407 g/mol. The minimum atomic E-state index is -3.50. The highest BCUT2D eigenvalue weighted by atomic mass is 32.2. The first-order valence-corrected chi connectivity index (χ1v) is 11.5. The number of ether oxygens (including phenoxy) is 1. The molecule has 28 heavy (non-hydrogen) atoms. The predicted octanol–water partition coefficient (Wildman–Crippen LogP) is 2.52. The van der Waals surface area contributed by atoms with E-state index in [1.54, 1.807) is 12.4 Å². The summed E-state index contributed by atoms with van der Waals surface area (Å²) >= 11 is 0. The first-order valence-electron chi connectivity index (χ1n) is 9.81. The van der Waals surface area contributed by atoms with E-state index in [9.17, 15) is 8.42 Å². The van der Waals surface area contributed by atoms with Crippen molar-refractivity contribution >= 4 is 9.84 Å². The molecule has 2 aromatic heterocycles. The molecular formula is C20H30N4O3S. The fraction of sp³-hybridized carbons (Fsp3) is 0.600. The fourth-order valence-corrected chi connectivity index (χ4v) is 5.20. The van der Waals surface area contributed by atoms with Crippen LogP contribution >= 0.6 is 0 Å². The maximum atomic E-state index is 13.0. The van der Waals surface area contributed by atoms with Crippen molar-refractivity contribution in [2.75, 3.05) is 19.4 Å². The van der Waals surface area contributed by atoms with Crippen LogP contribution in [0, 0.1) is 5.92 Å². The van der Waals surface area contributed by atoms with E-state index >= 15 is 0 Å². The molecule has 154 valence electrons. The van der Waals surface area contributed by atoms with E-state index in [1.807, 2.05) is 29.9 Å². The number of imidazole rings is 1. The highest BCUT2D eigenvalue weighted by Crippen LogP contribution is 2.21. The third-order valence-corrected chi connectivity index (χ3v) is 6.46. The molecule has 0 amide bonds. The maximum Gasteiger partial charge on any atom is 0.227 e. The zero-order valence-corrected chi connectivity index (χ0v) is 17.7. The second kappa shape index (κ2) is 9.15. The van der Waals surface area contributed by atoms with Crippen molar-refractivity contribution in [1.29, 1.82) is 0 Å². The number of hydrogen-bond donors (Lipinski definition) is 0. The number of nitrogens with zero attached hydrogens (tertiary/aromatic N) is 4. The van der Waals surface area contributed by atoms with Crippen molar-refractivity contribution in [2.24, 2.45) is 5.92 Å². The summed E-state index contributed by atoms with van der Waals surface area (Å²) in [6.45, 7) is 6.78. The van der Waals surface area contributed by atoms with E-state index in [1.165, 1.54) is 0 Å². The summed E-state index contributed by atoms with van der Waals surface area (Å²) in [5.74, 6) is 0.320. The zero-order valence-electron chi connectivity index (χ0n) is 16.9. The Morgan fingerprint density at radius 2 is 2.14 bits per heavy atom. The molecule has 1 aliphatic heterocycles. The molecule has 1 unspecified atom stereocenters. The molecule has 0 bridgehead atoms. The van der Waals surface area contributed by atoms with Crippen LogP contribution in [0.4, 0.5) is 0 Å². The summed E-state index contributed by atoms with van der Waals surface area (Å²) in [5.41, 5.74) is 2.03. The second-order valence-corrected chi connectivity index (χ2v) is 9.91. The lowest BCUT2D eigenvalue weighted by atomic mass is 10.2. The van der Waals surface area contributed by atoms with Crippen LogP contribution in [0.15, 0.2) is 35.9 Å². The smallest absolute Gasteiger partial charge is 0.227 e. The maximum absolute atomic E-state index is 13.0. The van der Waals surface area contributed by atoms with Crippen molar-refractivity contribution in [3.05, 3.63) is 42.0 Å². The van der Waals surface area contributed by atoms with Gasteiger partial charge in [0.2, 0.25) is 15.0 Å². The number of rotatable bonds is 9. The number of aromatic nitrogens is 3. The lowest BCUT2D eigenvalue weighted by Crippen LogP contribution is -2.25. The molecule has 3 rings (SSSR count). The molecule has 1 fully saturated rings. The van der Waals surface area contributed by atoms with Gasteiger partial charge in [-0.1, -0.05) is 19.9 Å². The van der Waals surface area contributed by atoms with Crippen LogP contribution in [-0.4, -0.2) is 53.4 Å². The van der Waals surface area contributed by atoms with Gasteiger partial charge in [-0.25, -0.2) is 13.4 Å². The second-order valence-electron chi connectivity index (χ2n) is 7.99. The molecule has 0 aromatic carbocycles. The van der Waals surface area contributed by atoms with Gasteiger partial charge in [-0.05, 0) is 37.4 Å². The molecule has 0 radical (unpaired) electrons. The molecule has 0 spiro atoms. The van der Waals surface area contributed by atoms with Crippen LogP contribution in [0.1, 0.15) is 37.9 Å². The van der Waals surface area contributed by atoms with Crippen LogP contribution in [0.5, 0.6) is 0 Å². The molecule has 7 nitrogen and oxygen atoms in total. The Bertz CT molecular complexity index is 859. The van der Waals surface area contributed by atoms with Gasteiger partial charge in [0, 0.05) is 38.6 Å². The van der Waals surface area contributed by atoms with E-state index in [-0.39, 0.29) is 17.0 Å². The summed E-state index contributed by atoms with van der Waals surface area (Å²) in [7, 11) is -1.48. The Labute approximate surface area is 167 Å². The third kappa shape index (κ3) is 5.40. The monoisotopic (exact) mass is 406 g/mol. The molecule has 1 aliphatic rings. The molecular weight excluding hydrogens is 376 g/mol. The number of pyridine rings is 1. The van der Waals surface area contributed by atoms with E-state index < -0.39 is 9.84 Å². The van der Waals surface area contributed by atoms with Gasteiger partial charge in [-0.3, -0.25) is 9.88 Å². The first-order chi connectivity index (χ1) is 13.3. The van der Waals surface area contributed by atoms with Gasteiger partial charge in [0.25, 0.3) is 0 Å². The van der Waals surface area contributed by atoms with Crippen molar-refractivity contribution in [3.63, 3.8) is 0 Å². The molecule has 3 heterocycles. The van der Waals surface area contributed by atoms with Crippen LogP contribution in [0.2, 0.25) is 0 Å². The highest BCUT2D eigenvalue weighted by Gasteiger charge is 2.29. The normalized spacial score (nSPS) is 17.7. The fourth-order valence-electron chi connectivity index (χ4n) is 3.56. The Morgan fingerprint density at radius 3 is 2.79 bits per heavy atom. The van der Waals surface area contributed by atoms with E-state index in [2.05, 4.69) is 28.7 Å². The predicted molar refractivity (Wildman–Crippen MR) is 107 cm³/mol. The van der Waals surface area contributed by atoms with Crippen LogP contribution in [0.3, 0.4) is 0 Å². The topological polar surface area (TPSA) is 77.3 Å². The summed E-state index contributed by atoms with van der Waals surface area (Å²) < 4.78 is 33.4. The molecule has 8 heteroatoms. The van der Waals surface area contributed by atoms with Crippen LogP contribution in [0.25, 0.3) is 0 Å². The van der Waals surface area contributed by atoms with E-state index in [4.69, 9.17) is 4.74 Å². The van der Waals surface area contributed by atoms with Gasteiger partial charge in [-0.15, -0.1) is 0 Å². The number of sulfone groups is 1. The minimum Gasteiger partial charge on any atom is -0.377 e. The Balaban J connectivity index is 1.79. The minimum absolute atomic E-state index is 0.00702. The first kappa shape index (κ1) is 21.0. The molecule has 0 N–H and O–H groups in total. The highest BCUT2D eigenvalue weighted by molar-refractivity contribution is 7.91. The summed E-state index contributed by atoms with van der Waals surface area (Å²) in [6, 6.07) is 3.95. The van der Waals surface area contributed by atoms with Gasteiger partial charge in [-0.2, -0.15) is 0 Å².